The van der Waals surface area contributed by atoms with Crippen molar-refractivity contribution in [2.24, 2.45) is 0 Å². The highest BCUT2D eigenvalue weighted by molar-refractivity contribution is 5.45. The van der Waals surface area contributed by atoms with E-state index in [1.165, 1.54) is 6.07 Å². The average molecular weight is 294 g/mol. The molecule has 2 aromatic rings. The Hall–Kier alpha value is -2.28. The van der Waals surface area contributed by atoms with Gasteiger partial charge in [0.1, 0.15) is 18.2 Å². The molecule has 0 aliphatic heterocycles. The smallest absolute Gasteiger partial charge is 0.159 e. The van der Waals surface area contributed by atoms with Crippen molar-refractivity contribution in [1.82, 2.24) is 9.97 Å². The number of nitrogen functional groups attached to an aromatic ring is 1. The van der Waals surface area contributed by atoms with Crippen LogP contribution in [0.25, 0.3) is 0 Å². The van der Waals surface area contributed by atoms with Crippen LogP contribution in [0.2, 0.25) is 0 Å². The summed E-state index contributed by atoms with van der Waals surface area (Å²) in [5, 5.41) is 2.99. The Morgan fingerprint density at radius 1 is 1.19 bits per heavy atom. The lowest BCUT2D eigenvalue weighted by Crippen LogP contribution is -2.08. The molecule has 0 radical (unpaired) electrons. The molecule has 2 rings (SSSR count). The van der Waals surface area contributed by atoms with Crippen molar-refractivity contribution in [3.8, 4) is 0 Å². The van der Waals surface area contributed by atoms with E-state index in [-0.39, 0.29) is 6.61 Å². The lowest BCUT2D eigenvalue weighted by atomic mass is 10.2. The van der Waals surface area contributed by atoms with Gasteiger partial charge in [0.05, 0.1) is 0 Å². The maximum Gasteiger partial charge on any atom is 0.159 e. The lowest BCUT2D eigenvalue weighted by Gasteiger charge is -2.09. The van der Waals surface area contributed by atoms with Crippen molar-refractivity contribution in [2.75, 3.05) is 17.7 Å². The van der Waals surface area contributed by atoms with E-state index in [1.807, 2.05) is 6.92 Å². The van der Waals surface area contributed by atoms with E-state index >= 15 is 0 Å². The highest BCUT2D eigenvalue weighted by Crippen LogP contribution is 2.13. The molecule has 0 saturated carbocycles. The molecule has 0 aliphatic carbocycles. The Kier molecular flexibility index (Phi) is 4.99. The minimum atomic E-state index is -0.881. The first-order valence-corrected chi connectivity index (χ1v) is 6.47. The van der Waals surface area contributed by atoms with Gasteiger partial charge in [0.15, 0.2) is 17.5 Å². The van der Waals surface area contributed by atoms with Gasteiger partial charge in [-0.3, -0.25) is 0 Å². The van der Waals surface area contributed by atoms with Gasteiger partial charge in [0.25, 0.3) is 0 Å². The minimum Gasteiger partial charge on any atom is -0.384 e. The molecule has 21 heavy (non-hydrogen) atoms. The van der Waals surface area contributed by atoms with E-state index in [0.29, 0.717) is 36.2 Å². The first kappa shape index (κ1) is 15.1. The summed E-state index contributed by atoms with van der Waals surface area (Å²) < 4.78 is 31.2. The molecule has 7 heteroatoms. The van der Waals surface area contributed by atoms with Crippen LogP contribution in [0.4, 0.5) is 20.4 Å². The van der Waals surface area contributed by atoms with Gasteiger partial charge in [-0.25, -0.2) is 18.7 Å². The third kappa shape index (κ3) is 4.35. The third-order valence-electron chi connectivity index (χ3n) is 2.69. The zero-order valence-corrected chi connectivity index (χ0v) is 11.6. The maximum atomic E-state index is 13.1. The van der Waals surface area contributed by atoms with E-state index < -0.39 is 11.6 Å². The van der Waals surface area contributed by atoms with Crippen molar-refractivity contribution in [3.05, 3.63) is 47.3 Å². The Balaban J connectivity index is 2.05. The second kappa shape index (κ2) is 6.94. The number of rotatable bonds is 6. The molecule has 0 fully saturated rings. The fourth-order valence-corrected chi connectivity index (χ4v) is 1.71. The van der Waals surface area contributed by atoms with Crippen LogP contribution in [0.3, 0.4) is 0 Å². The van der Waals surface area contributed by atoms with Gasteiger partial charge in [-0.05, 0) is 24.6 Å². The SMILES string of the molecule is CCOCc1nc(N)cc(NCc2ccc(F)c(F)c2)n1. The van der Waals surface area contributed by atoms with Crippen LogP contribution in [0, 0.1) is 11.6 Å². The Morgan fingerprint density at radius 3 is 2.71 bits per heavy atom. The number of nitrogens with one attached hydrogen (secondary N) is 1. The zero-order chi connectivity index (χ0) is 15.2. The zero-order valence-electron chi connectivity index (χ0n) is 11.6. The molecule has 1 aromatic heterocycles. The molecule has 3 N–H and O–H groups in total. The van der Waals surface area contributed by atoms with E-state index in [9.17, 15) is 8.78 Å². The van der Waals surface area contributed by atoms with Crippen LogP contribution in [-0.4, -0.2) is 16.6 Å². The van der Waals surface area contributed by atoms with E-state index in [4.69, 9.17) is 10.5 Å². The molecular weight excluding hydrogens is 278 g/mol. The summed E-state index contributed by atoms with van der Waals surface area (Å²) in [5.41, 5.74) is 6.28. The minimum absolute atomic E-state index is 0.265. The van der Waals surface area contributed by atoms with Crippen LogP contribution in [0.1, 0.15) is 18.3 Å². The van der Waals surface area contributed by atoms with Gasteiger partial charge in [0, 0.05) is 19.2 Å². The quantitative estimate of drug-likeness (QED) is 0.856. The van der Waals surface area contributed by atoms with Gasteiger partial charge >= 0.3 is 0 Å². The molecule has 0 atom stereocenters. The highest BCUT2D eigenvalue weighted by Gasteiger charge is 2.05. The number of ether oxygens (including phenoxy) is 1. The molecule has 112 valence electrons. The first-order valence-electron chi connectivity index (χ1n) is 6.47. The molecule has 1 heterocycles. The van der Waals surface area contributed by atoms with Crippen molar-refractivity contribution in [2.45, 2.75) is 20.1 Å². The van der Waals surface area contributed by atoms with Crippen molar-refractivity contribution in [3.63, 3.8) is 0 Å². The summed E-state index contributed by atoms with van der Waals surface area (Å²) in [5.74, 6) is -0.475. The van der Waals surface area contributed by atoms with Crippen LogP contribution in [0.5, 0.6) is 0 Å². The van der Waals surface area contributed by atoms with Crippen LogP contribution in [0.15, 0.2) is 24.3 Å². The maximum absolute atomic E-state index is 13.1. The number of halogens is 2. The summed E-state index contributed by atoms with van der Waals surface area (Å²) in [6.45, 7) is 2.98. The van der Waals surface area contributed by atoms with Crippen molar-refractivity contribution < 1.29 is 13.5 Å². The lowest BCUT2D eigenvalue weighted by molar-refractivity contribution is 0.128. The number of benzene rings is 1. The number of hydrogen-bond donors (Lipinski definition) is 2. The summed E-state index contributed by atoms with van der Waals surface area (Å²) >= 11 is 0. The molecule has 0 amide bonds. The second-order valence-electron chi connectivity index (χ2n) is 4.33. The fraction of sp³-hybridized carbons (Fsp3) is 0.286. The number of anilines is 2. The number of nitrogens with zero attached hydrogens (tertiary/aromatic N) is 2. The van der Waals surface area contributed by atoms with Gasteiger partial charge in [-0.1, -0.05) is 6.07 Å². The van der Waals surface area contributed by atoms with Gasteiger partial charge in [0.2, 0.25) is 0 Å². The normalized spacial score (nSPS) is 10.6. The molecule has 0 aliphatic rings. The number of hydrogen-bond acceptors (Lipinski definition) is 5. The molecule has 0 bridgehead atoms. The van der Waals surface area contributed by atoms with E-state index in [1.54, 1.807) is 6.07 Å². The molecule has 5 nitrogen and oxygen atoms in total. The number of nitrogens with two attached hydrogens (primary N) is 1. The average Bonchev–Trinajstić information content (AvgIpc) is 2.46. The predicted molar refractivity (Wildman–Crippen MR) is 75.5 cm³/mol. The third-order valence-corrected chi connectivity index (χ3v) is 2.69. The van der Waals surface area contributed by atoms with Gasteiger partial charge < -0.3 is 15.8 Å². The summed E-state index contributed by atoms with van der Waals surface area (Å²) in [6, 6.07) is 5.28. The monoisotopic (exact) mass is 294 g/mol. The molecule has 0 saturated heterocycles. The second-order valence-corrected chi connectivity index (χ2v) is 4.33. The van der Waals surface area contributed by atoms with Crippen molar-refractivity contribution >= 4 is 11.6 Å². The molecule has 0 unspecified atom stereocenters. The van der Waals surface area contributed by atoms with Crippen LogP contribution in [-0.2, 0) is 17.9 Å². The van der Waals surface area contributed by atoms with E-state index in [2.05, 4.69) is 15.3 Å². The molecule has 1 aromatic carbocycles. The van der Waals surface area contributed by atoms with Crippen LogP contribution >= 0.6 is 0 Å². The van der Waals surface area contributed by atoms with Crippen molar-refractivity contribution in [1.29, 1.82) is 0 Å². The predicted octanol–water partition coefficient (Wildman–Crippen LogP) is 2.49. The Labute approximate surface area is 121 Å². The first-order chi connectivity index (χ1) is 10.1. The van der Waals surface area contributed by atoms with E-state index in [0.717, 1.165) is 12.1 Å². The van der Waals surface area contributed by atoms with Gasteiger partial charge in [-0.2, -0.15) is 0 Å². The Bertz CT molecular complexity index is 622. The van der Waals surface area contributed by atoms with Gasteiger partial charge in [-0.15, -0.1) is 0 Å². The Morgan fingerprint density at radius 2 is 2.00 bits per heavy atom. The standard InChI is InChI=1S/C14H16F2N4O/c1-2-21-8-14-19-12(17)6-13(20-14)18-7-9-3-4-10(15)11(16)5-9/h3-6H,2,7-8H2,1H3,(H3,17,18,19,20). The topological polar surface area (TPSA) is 73.1 Å². The highest BCUT2D eigenvalue weighted by atomic mass is 19.2. The number of aromatic nitrogens is 2. The fourth-order valence-electron chi connectivity index (χ4n) is 1.71. The summed E-state index contributed by atoms with van der Waals surface area (Å²) in [4.78, 5) is 8.28. The largest absolute Gasteiger partial charge is 0.384 e. The van der Waals surface area contributed by atoms with Crippen LogP contribution < -0.4 is 11.1 Å². The summed E-state index contributed by atoms with van der Waals surface area (Å²) in [6.07, 6.45) is 0. The molecular formula is C14H16F2N4O. The molecule has 0 spiro atoms. The summed E-state index contributed by atoms with van der Waals surface area (Å²) in [7, 11) is 0.